The first-order valence-corrected chi connectivity index (χ1v) is 8.48. The fraction of sp³-hybridized carbons (Fsp3) is 0.211. The molecule has 0 radical (unpaired) electrons. The zero-order valence-corrected chi connectivity index (χ0v) is 14.3. The fourth-order valence-electron chi connectivity index (χ4n) is 2.85. The molecule has 0 bridgehead atoms. The van der Waals surface area contributed by atoms with E-state index in [2.05, 4.69) is 30.5 Å². The Morgan fingerprint density at radius 1 is 1.09 bits per heavy atom. The molecule has 3 rings (SSSR count). The maximum absolute atomic E-state index is 12.3. The van der Waals surface area contributed by atoms with Gasteiger partial charge in [-0.25, -0.2) is 4.79 Å². The van der Waals surface area contributed by atoms with E-state index in [1.54, 1.807) is 11.3 Å². The molecular weight excluding hydrogens is 304 g/mol. The Labute approximate surface area is 140 Å². The maximum atomic E-state index is 12.3. The summed E-state index contributed by atoms with van der Waals surface area (Å²) in [5.74, 6) is 0. The minimum atomic E-state index is -0.183. The summed E-state index contributed by atoms with van der Waals surface area (Å²) in [7, 11) is 0. The molecule has 0 aliphatic rings. The van der Waals surface area contributed by atoms with Crippen molar-refractivity contribution in [1.29, 1.82) is 0 Å². The molecule has 0 spiro atoms. The minimum absolute atomic E-state index is 0.0186. The molecule has 23 heavy (non-hydrogen) atoms. The number of fused-ring (bicyclic) bond motifs is 1. The van der Waals surface area contributed by atoms with Gasteiger partial charge in [-0.1, -0.05) is 36.4 Å². The van der Waals surface area contributed by atoms with Crippen molar-refractivity contribution in [2.75, 3.05) is 5.32 Å². The number of aryl methyl sites for hydroxylation is 2. The van der Waals surface area contributed by atoms with Gasteiger partial charge in [-0.2, -0.15) is 0 Å². The summed E-state index contributed by atoms with van der Waals surface area (Å²) in [6, 6.07) is 15.9. The van der Waals surface area contributed by atoms with E-state index in [-0.39, 0.29) is 12.1 Å². The van der Waals surface area contributed by atoms with Crippen molar-refractivity contribution < 1.29 is 4.79 Å². The van der Waals surface area contributed by atoms with E-state index in [9.17, 15) is 4.79 Å². The number of rotatable bonds is 3. The number of hydrogen-bond acceptors (Lipinski definition) is 2. The topological polar surface area (TPSA) is 41.1 Å². The van der Waals surface area contributed by atoms with Crippen molar-refractivity contribution in [3.63, 3.8) is 0 Å². The molecule has 2 aromatic carbocycles. The Kier molecular flexibility index (Phi) is 4.35. The van der Waals surface area contributed by atoms with Crippen molar-refractivity contribution in [3.8, 4) is 0 Å². The number of anilines is 1. The number of benzene rings is 2. The Morgan fingerprint density at radius 3 is 2.57 bits per heavy atom. The first kappa shape index (κ1) is 15.6. The normalized spacial score (nSPS) is 12.1. The summed E-state index contributed by atoms with van der Waals surface area (Å²) >= 11 is 1.76. The van der Waals surface area contributed by atoms with Gasteiger partial charge in [-0.05, 0) is 43.9 Å². The third kappa shape index (κ3) is 3.37. The van der Waals surface area contributed by atoms with Gasteiger partial charge in [0.2, 0.25) is 0 Å². The highest BCUT2D eigenvalue weighted by molar-refractivity contribution is 7.12. The van der Waals surface area contributed by atoms with E-state index in [1.807, 2.05) is 49.4 Å². The van der Waals surface area contributed by atoms with E-state index >= 15 is 0 Å². The lowest BCUT2D eigenvalue weighted by atomic mass is 10.1. The van der Waals surface area contributed by atoms with Crippen LogP contribution in [0, 0.1) is 13.8 Å². The first-order chi connectivity index (χ1) is 11.0. The third-order valence-electron chi connectivity index (χ3n) is 3.93. The summed E-state index contributed by atoms with van der Waals surface area (Å²) in [5.41, 5.74) is 2.01. The number of nitrogens with one attached hydrogen (secondary N) is 2. The van der Waals surface area contributed by atoms with E-state index in [0.717, 1.165) is 16.5 Å². The fourth-order valence-corrected chi connectivity index (χ4v) is 3.87. The Bertz CT molecular complexity index is 848. The molecule has 2 N–H and O–H groups in total. The summed E-state index contributed by atoms with van der Waals surface area (Å²) in [5, 5.41) is 8.14. The summed E-state index contributed by atoms with van der Waals surface area (Å²) in [6.45, 7) is 6.19. The smallest absolute Gasteiger partial charge is 0.319 e. The van der Waals surface area contributed by atoms with E-state index in [0.29, 0.717) is 0 Å². The van der Waals surface area contributed by atoms with Crippen LogP contribution < -0.4 is 10.6 Å². The van der Waals surface area contributed by atoms with Crippen LogP contribution in [0.1, 0.15) is 28.3 Å². The largest absolute Gasteiger partial charge is 0.331 e. The lowest BCUT2D eigenvalue weighted by Gasteiger charge is -2.15. The van der Waals surface area contributed by atoms with Gasteiger partial charge in [-0.3, -0.25) is 0 Å². The number of hydrogen-bond donors (Lipinski definition) is 2. The zero-order chi connectivity index (χ0) is 16.4. The van der Waals surface area contributed by atoms with Gasteiger partial charge >= 0.3 is 6.03 Å². The van der Waals surface area contributed by atoms with Gasteiger partial charge < -0.3 is 10.6 Å². The monoisotopic (exact) mass is 324 g/mol. The Balaban J connectivity index is 1.75. The molecule has 0 saturated heterocycles. The van der Waals surface area contributed by atoms with Gasteiger partial charge in [-0.15, -0.1) is 11.3 Å². The summed E-state index contributed by atoms with van der Waals surface area (Å²) in [4.78, 5) is 14.9. The van der Waals surface area contributed by atoms with Crippen molar-refractivity contribution >= 4 is 33.8 Å². The van der Waals surface area contributed by atoms with E-state index in [4.69, 9.17) is 0 Å². The second-order valence-electron chi connectivity index (χ2n) is 5.72. The molecule has 118 valence electrons. The molecule has 1 aromatic heterocycles. The van der Waals surface area contributed by atoms with Crippen molar-refractivity contribution in [3.05, 3.63) is 63.8 Å². The van der Waals surface area contributed by atoms with Crippen LogP contribution in [0.2, 0.25) is 0 Å². The average Bonchev–Trinajstić information content (AvgIpc) is 2.86. The number of thiophene rings is 1. The molecule has 3 nitrogen and oxygen atoms in total. The van der Waals surface area contributed by atoms with Crippen LogP contribution in [0.4, 0.5) is 10.5 Å². The number of urea groups is 1. The molecule has 2 amide bonds. The highest BCUT2D eigenvalue weighted by Crippen LogP contribution is 2.27. The highest BCUT2D eigenvalue weighted by atomic mass is 32.1. The lowest BCUT2D eigenvalue weighted by molar-refractivity contribution is 0.249. The number of carbonyl (C=O) groups is 1. The minimum Gasteiger partial charge on any atom is -0.331 e. The average molecular weight is 324 g/mol. The van der Waals surface area contributed by atoms with Crippen LogP contribution in [-0.2, 0) is 0 Å². The van der Waals surface area contributed by atoms with Gasteiger partial charge in [0.15, 0.2) is 0 Å². The van der Waals surface area contributed by atoms with Crippen molar-refractivity contribution in [1.82, 2.24) is 5.32 Å². The molecule has 1 heterocycles. The van der Waals surface area contributed by atoms with Crippen LogP contribution in [0.15, 0.2) is 48.5 Å². The molecule has 3 aromatic rings. The molecule has 0 saturated carbocycles. The molecule has 1 atom stereocenters. The van der Waals surface area contributed by atoms with Gasteiger partial charge in [0.1, 0.15) is 0 Å². The SMILES string of the molecule is Cc1cc(C(C)NC(=O)Nc2cccc3ccccc23)c(C)s1. The second-order valence-corrected chi connectivity index (χ2v) is 7.18. The first-order valence-electron chi connectivity index (χ1n) is 7.67. The predicted molar refractivity (Wildman–Crippen MR) is 98.3 cm³/mol. The summed E-state index contributed by atoms with van der Waals surface area (Å²) < 4.78 is 0. The van der Waals surface area contributed by atoms with Crippen LogP contribution in [0.3, 0.4) is 0 Å². The maximum Gasteiger partial charge on any atom is 0.319 e. The van der Waals surface area contributed by atoms with Crippen molar-refractivity contribution in [2.24, 2.45) is 0 Å². The van der Waals surface area contributed by atoms with Crippen LogP contribution in [0.25, 0.3) is 10.8 Å². The highest BCUT2D eigenvalue weighted by Gasteiger charge is 2.14. The quantitative estimate of drug-likeness (QED) is 0.665. The Hall–Kier alpha value is -2.33. The Morgan fingerprint density at radius 2 is 1.83 bits per heavy atom. The molecular formula is C19H20N2OS. The molecule has 0 fully saturated rings. The third-order valence-corrected chi connectivity index (χ3v) is 4.91. The number of carbonyl (C=O) groups excluding carboxylic acids is 1. The van der Waals surface area contributed by atoms with Crippen molar-refractivity contribution in [2.45, 2.75) is 26.8 Å². The zero-order valence-electron chi connectivity index (χ0n) is 13.5. The van der Waals surface area contributed by atoms with Gasteiger partial charge in [0.25, 0.3) is 0 Å². The summed E-state index contributed by atoms with van der Waals surface area (Å²) in [6.07, 6.45) is 0. The van der Waals surface area contributed by atoms with Gasteiger partial charge in [0, 0.05) is 15.1 Å². The second kappa shape index (κ2) is 6.42. The van der Waals surface area contributed by atoms with Crippen LogP contribution in [0.5, 0.6) is 0 Å². The number of amides is 2. The van der Waals surface area contributed by atoms with Crippen LogP contribution in [-0.4, -0.2) is 6.03 Å². The lowest BCUT2D eigenvalue weighted by Crippen LogP contribution is -2.31. The van der Waals surface area contributed by atoms with Gasteiger partial charge in [0.05, 0.1) is 11.7 Å². The molecule has 0 aliphatic heterocycles. The molecule has 4 heteroatoms. The molecule has 1 unspecified atom stereocenters. The van der Waals surface area contributed by atoms with E-state index < -0.39 is 0 Å². The van der Waals surface area contributed by atoms with Crippen LogP contribution >= 0.6 is 11.3 Å². The standard InChI is InChI=1S/C19H20N2OS/c1-12-11-17(14(3)23-12)13(2)20-19(22)21-18-10-6-8-15-7-4-5-9-16(15)18/h4-11,13H,1-3H3,(H2,20,21,22). The van der Waals surface area contributed by atoms with E-state index in [1.165, 1.54) is 15.3 Å². The predicted octanol–water partition coefficient (Wildman–Crippen LogP) is 5.40. The molecule has 0 aliphatic carbocycles.